The number of aryl methyl sites for hydroxylation is 1. The van der Waals surface area contributed by atoms with Crippen molar-refractivity contribution in [2.24, 2.45) is 7.05 Å². The van der Waals surface area contributed by atoms with Crippen LogP contribution in [0.5, 0.6) is 0 Å². The Labute approximate surface area is 138 Å². The van der Waals surface area contributed by atoms with Crippen molar-refractivity contribution in [3.05, 3.63) is 59.8 Å². The zero-order chi connectivity index (χ0) is 16.7. The van der Waals surface area contributed by atoms with Gasteiger partial charge in [-0.2, -0.15) is 0 Å². The second-order valence-corrected chi connectivity index (χ2v) is 6.12. The van der Waals surface area contributed by atoms with E-state index in [1.54, 1.807) is 23.2 Å². The monoisotopic (exact) mass is 324 g/mol. The maximum absolute atomic E-state index is 13.3. The van der Waals surface area contributed by atoms with E-state index in [1.807, 2.05) is 23.7 Å². The third-order valence-electron chi connectivity index (χ3n) is 4.57. The van der Waals surface area contributed by atoms with Crippen molar-refractivity contribution < 1.29 is 9.18 Å². The lowest BCUT2D eigenvalue weighted by atomic mass is 10.1. The van der Waals surface area contributed by atoms with Crippen molar-refractivity contribution in [3.8, 4) is 0 Å². The highest BCUT2D eigenvalue weighted by Gasteiger charge is 2.31. The second kappa shape index (κ2) is 5.70. The summed E-state index contributed by atoms with van der Waals surface area (Å²) in [4.78, 5) is 23.4. The fourth-order valence-electron chi connectivity index (χ4n) is 3.37. The number of amides is 1. The fourth-order valence-corrected chi connectivity index (χ4v) is 3.37. The zero-order valence-corrected chi connectivity index (χ0v) is 13.3. The van der Waals surface area contributed by atoms with E-state index in [0.29, 0.717) is 18.7 Å². The van der Waals surface area contributed by atoms with Crippen LogP contribution in [0.2, 0.25) is 0 Å². The Hall–Kier alpha value is -2.76. The average molecular weight is 324 g/mol. The predicted octanol–water partition coefficient (Wildman–Crippen LogP) is 2.74. The highest BCUT2D eigenvalue weighted by atomic mass is 19.1. The molecular weight excluding hydrogens is 307 g/mol. The van der Waals surface area contributed by atoms with Gasteiger partial charge < -0.3 is 9.47 Å². The Balaban J connectivity index is 1.57. The van der Waals surface area contributed by atoms with Gasteiger partial charge in [-0.25, -0.2) is 14.4 Å². The molecule has 0 aliphatic carbocycles. The molecule has 6 heteroatoms. The summed E-state index contributed by atoms with van der Waals surface area (Å²) >= 11 is 0. The van der Waals surface area contributed by atoms with Crippen molar-refractivity contribution in [2.75, 3.05) is 13.1 Å². The van der Waals surface area contributed by atoms with Gasteiger partial charge in [-0.3, -0.25) is 4.79 Å². The standard InChI is InChI=1S/C18H17FN4O/c1-22-16(21-15-6-3-8-20-17(15)22)13-7-9-23(11-13)18(24)12-4-2-5-14(19)10-12/h2-6,8,10,13H,7,9,11H2,1H3/t13-/m1/s1. The summed E-state index contributed by atoms with van der Waals surface area (Å²) in [5.74, 6) is 0.590. The molecule has 2 aromatic heterocycles. The Kier molecular flexibility index (Phi) is 3.52. The van der Waals surface area contributed by atoms with Crippen LogP contribution in [-0.2, 0) is 7.05 Å². The molecule has 24 heavy (non-hydrogen) atoms. The van der Waals surface area contributed by atoms with Gasteiger partial charge in [0.1, 0.15) is 17.2 Å². The van der Waals surface area contributed by atoms with Gasteiger partial charge in [0.15, 0.2) is 5.65 Å². The lowest BCUT2D eigenvalue weighted by Crippen LogP contribution is -2.28. The van der Waals surface area contributed by atoms with E-state index in [9.17, 15) is 9.18 Å². The number of imidazole rings is 1. The van der Waals surface area contributed by atoms with E-state index in [2.05, 4.69) is 9.97 Å². The molecule has 0 bridgehead atoms. The summed E-state index contributed by atoms with van der Waals surface area (Å²) in [5, 5.41) is 0. The average Bonchev–Trinajstić information content (AvgIpc) is 3.20. The van der Waals surface area contributed by atoms with Crippen LogP contribution in [0.3, 0.4) is 0 Å². The molecule has 1 fully saturated rings. The van der Waals surface area contributed by atoms with Gasteiger partial charge in [-0.05, 0) is 36.8 Å². The summed E-state index contributed by atoms with van der Waals surface area (Å²) in [5.41, 5.74) is 2.11. The van der Waals surface area contributed by atoms with E-state index in [4.69, 9.17) is 0 Å². The van der Waals surface area contributed by atoms with Gasteiger partial charge in [-0.15, -0.1) is 0 Å². The minimum absolute atomic E-state index is 0.131. The molecule has 1 aliphatic rings. The highest BCUT2D eigenvalue weighted by Crippen LogP contribution is 2.29. The topological polar surface area (TPSA) is 51.0 Å². The molecule has 0 unspecified atom stereocenters. The number of benzene rings is 1. The summed E-state index contributed by atoms with van der Waals surface area (Å²) in [7, 11) is 1.95. The van der Waals surface area contributed by atoms with Crippen molar-refractivity contribution in [2.45, 2.75) is 12.3 Å². The molecule has 0 N–H and O–H groups in total. The Morgan fingerprint density at radius 2 is 2.17 bits per heavy atom. The van der Waals surface area contributed by atoms with E-state index in [-0.39, 0.29) is 11.8 Å². The predicted molar refractivity (Wildman–Crippen MR) is 88.2 cm³/mol. The van der Waals surface area contributed by atoms with E-state index in [1.165, 1.54) is 12.1 Å². The summed E-state index contributed by atoms with van der Waals surface area (Å²) in [6, 6.07) is 9.65. The molecule has 0 radical (unpaired) electrons. The van der Waals surface area contributed by atoms with Gasteiger partial charge >= 0.3 is 0 Å². The molecule has 0 spiro atoms. The first kappa shape index (κ1) is 14.8. The first-order chi connectivity index (χ1) is 11.6. The molecule has 1 amide bonds. The number of hydrogen-bond acceptors (Lipinski definition) is 3. The van der Waals surface area contributed by atoms with Crippen LogP contribution in [0.25, 0.3) is 11.2 Å². The van der Waals surface area contributed by atoms with Crippen molar-refractivity contribution in [1.29, 1.82) is 0 Å². The maximum Gasteiger partial charge on any atom is 0.253 e. The number of hydrogen-bond donors (Lipinski definition) is 0. The first-order valence-corrected chi connectivity index (χ1v) is 7.95. The third kappa shape index (κ3) is 2.44. The molecule has 1 aromatic carbocycles. The smallest absolute Gasteiger partial charge is 0.253 e. The number of likely N-dealkylation sites (tertiary alicyclic amines) is 1. The van der Waals surface area contributed by atoms with E-state index in [0.717, 1.165) is 23.4 Å². The summed E-state index contributed by atoms with van der Waals surface area (Å²) in [6.07, 6.45) is 2.60. The Morgan fingerprint density at radius 1 is 1.29 bits per heavy atom. The van der Waals surface area contributed by atoms with Gasteiger partial charge in [0.25, 0.3) is 5.91 Å². The van der Waals surface area contributed by atoms with Crippen LogP contribution in [0.4, 0.5) is 4.39 Å². The van der Waals surface area contributed by atoms with E-state index >= 15 is 0 Å². The maximum atomic E-state index is 13.3. The second-order valence-electron chi connectivity index (χ2n) is 6.12. The van der Waals surface area contributed by atoms with Crippen molar-refractivity contribution in [1.82, 2.24) is 19.4 Å². The van der Waals surface area contributed by atoms with Crippen LogP contribution in [-0.4, -0.2) is 38.4 Å². The Bertz CT molecular complexity index is 920. The zero-order valence-electron chi connectivity index (χ0n) is 13.3. The normalized spacial score (nSPS) is 17.6. The molecule has 0 saturated carbocycles. The molecule has 1 saturated heterocycles. The molecule has 3 aromatic rings. The number of fused-ring (bicyclic) bond motifs is 1. The van der Waals surface area contributed by atoms with Crippen LogP contribution < -0.4 is 0 Å². The number of carbonyl (C=O) groups excluding carboxylic acids is 1. The quantitative estimate of drug-likeness (QED) is 0.728. The van der Waals surface area contributed by atoms with Crippen LogP contribution in [0, 0.1) is 5.82 Å². The molecular formula is C18H17FN4O. The fraction of sp³-hybridized carbons (Fsp3) is 0.278. The molecule has 5 nitrogen and oxygen atoms in total. The van der Waals surface area contributed by atoms with Crippen LogP contribution in [0.15, 0.2) is 42.6 Å². The molecule has 1 aliphatic heterocycles. The molecule has 3 heterocycles. The minimum atomic E-state index is -0.391. The number of nitrogens with zero attached hydrogens (tertiary/aromatic N) is 4. The summed E-state index contributed by atoms with van der Waals surface area (Å²) < 4.78 is 15.3. The summed E-state index contributed by atoms with van der Waals surface area (Å²) in [6.45, 7) is 1.24. The largest absolute Gasteiger partial charge is 0.338 e. The minimum Gasteiger partial charge on any atom is -0.338 e. The van der Waals surface area contributed by atoms with Crippen molar-refractivity contribution >= 4 is 17.1 Å². The lowest BCUT2D eigenvalue weighted by Gasteiger charge is -2.16. The first-order valence-electron chi connectivity index (χ1n) is 7.95. The van der Waals surface area contributed by atoms with E-state index < -0.39 is 5.82 Å². The third-order valence-corrected chi connectivity index (χ3v) is 4.57. The number of pyridine rings is 1. The Morgan fingerprint density at radius 3 is 2.96 bits per heavy atom. The SMILES string of the molecule is Cn1c([C@@H]2CCN(C(=O)c3cccc(F)c3)C2)nc2cccnc21. The van der Waals surface area contributed by atoms with Crippen molar-refractivity contribution in [3.63, 3.8) is 0 Å². The lowest BCUT2D eigenvalue weighted by molar-refractivity contribution is 0.0790. The number of halogens is 1. The van der Waals surface area contributed by atoms with Crippen LogP contribution >= 0.6 is 0 Å². The molecule has 4 rings (SSSR count). The van der Waals surface area contributed by atoms with Gasteiger partial charge in [0.05, 0.1) is 0 Å². The van der Waals surface area contributed by atoms with Gasteiger partial charge in [0.2, 0.25) is 0 Å². The number of carbonyl (C=O) groups is 1. The van der Waals surface area contributed by atoms with Crippen LogP contribution in [0.1, 0.15) is 28.5 Å². The highest BCUT2D eigenvalue weighted by molar-refractivity contribution is 5.94. The molecule has 1 atom stereocenters. The number of rotatable bonds is 2. The molecule has 122 valence electrons. The van der Waals surface area contributed by atoms with Gasteiger partial charge in [-0.1, -0.05) is 6.07 Å². The van der Waals surface area contributed by atoms with Gasteiger partial charge in [0, 0.05) is 37.8 Å². The number of aromatic nitrogens is 3.